The van der Waals surface area contributed by atoms with E-state index in [1.165, 1.54) is 0 Å². The molecule has 0 bridgehead atoms. The summed E-state index contributed by atoms with van der Waals surface area (Å²) in [5.74, 6) is 1.00. The molecule has 1 heterocycles. The topological polar surface area (TPSA) is 59.0 Å². The zero-order valence-electron chi connectivity index (χ0n) is 15.5. The minimum Gasteiger partial charge on any atom is -0.445 e. The molecule has 1 saturated carbocycles. The second-order valence-corrected chi connectivity index (χ2v) is 7.63. The average Bonchev–Trinajstić information content (AvgIpc) is 2.72. The Morgan fingerprint density at radius 2 is 1.69 bits per heavy atom. The van der Waals surface area contributed by atoms with Gasteiger partial charge in [-0.2, -0.15) is 0 Å². The minimum absolute atomic E-state index is 0.212. The third-order valence-electron chi connectivity index (χ3n) is 5.70. The van der Waals surface area contributed by atoms with E-state index in [1.807, 2.05) is 35.2 Å². The van der Waals surface area contributed by atoms with E-state index in [1.54, 1.807) is 0 Å². The Hall–Kier alpha value is -1.59. The first-order valence-corrected chi connectivity index (χ1v) is 9.92. The molecular weight excluding hydrogens is 330 g/mol. The van der Waals surface area contributed by atoms with E-state index in [2.05, 4.69) is 0 Å². The normalized spacial score (nSPS) is 24.4. The highest BCUT2D eigenvalue weighted by atomic mass is 16.6. The summed E-state index contributed by atoms with van der Waals surface area (Å²) >= 11 is 0. The largest absolute Gasteiger partial charge is 0.445 e. The van der Waals surface area contributed by atoms with Crippen LogP contribution in [0.4, 0.5) is 4.79 Å². The average molecular weight is 361 g/mol. The van der Waals surface area contributed by atoms with Crippen LogP contribution >= 0.6 is 0 Å². The number of hydrogen-bond acceptors (Lipinski definition) is 4. The zero-order chi connectivity index (χ0) is 18.2. The molecule has 2 aliphatic rings. The maximum atomic E-state index is 12.2. The Kier molecular flexibility index (Phi) is 7.32. The lowest BCUT2D eigenvalue weighted by atomic mass is 9.88. The molecule has 1 amide bonds. The van der Waals surface area contributed by atoms with Crippen molar-refractivity contribution in [2.75, 3.05) is 26.3 Å². The van der Waals surface area contributed by atoms with Gasteiger partial charge in [-0.15, -0.1) is 0 Å². The van der Waals surface area contributed by atoms with Gasteiger partial charge in [0.2, 0.25) is 0 Å². The van der Waals surface area contributed by atoms with Gasteiger partial charge in [-0.05, 0) is 55.9 Å². The number of carbonyl (C=O) groups excluding carboxylic acids is 1. The molecule has 0 aromatic heterocycles. The number of hydrogen-bond donors (Lipinski definition) is 1. The molecule has 144 valence electrons. The number of amides is 1. The summed E-state index contributed by atoms with van der Waals surface area (Å²) in [6.07, 6.45) is 6.38. The third kappa shape index (κ3) is 5.71. The fourth-order valence-electron chi connectivity index (χ4n) is 3.85. The van der Waals surface area contributed by atoms with Crippen LogP contribution in [0.5, 0.6) is 0 Å². The summed E-state index contributed by atoms with van der Waals surface area (Å²) in [6.45, 7) is 2.93. The van der Waals surface area contributed by atoms with Gasteiger partial charge in [0, 0.05) is 26.3 Å². The highest BCUT2D eigenvalue weighted by molar-refractivity contribution is 5.67. The van der Waals surface area contributed by atoms with Gasteiger partial charge in [-0.3, -0.25) is 0 Å². The second-order valence-electron chi connectivity index (χ2n) is 7.63. The van der Waals surface area contributed by atoms with E-state index in [0.717, 1.165) is 63.8 Å². The molecule has 1 aliphatic heterocycles. The maximum Gasteiger partial charge on any atom is 0.410 e. The van der Waals surface area contributed by atoms with Gasteiger partial charge in [0.1, 0.15) is 6.61 Å². The summed E-state index contributed by atoms with van der Waals surface area (Å²) in [4.78, 5) is 14.0. The summed E-state index contributed by atoms with van der Waals surface area (Å²) in [5.41, 5.74) is 1.01. The summed E-state index contributed by atoms with van der Waals surface area (Å²) < 4.78 is 11.5. The van der Waals surface area contributed by atoms with Crippen molar-refractivity contribution in [3.8, 4) is 0 Å². The number of nitrogens with zero attached hydrogens (tertiary/aromatic N) is 1. The predicted octanol–water partition coefficient (Wildman–Crippen LogP) is 3.60. The molecule has 5 heteroatoms. The number of piperidine rings is 1. The predicted molar refractivity (Wildman–Crippen MR) is 99.7 cm³/mol. The number of aliphatic hydroxyl groups excluding tert-OH is 1. The Morgan fingerprint density at radius 1 is 1.00 bits per heavy atom. The Balaban J connectivity index is 1.30. The van der Waals surface area contributed by atoms with Gasteiger partial charge in [-0.1, -0.05) is 30.3 Å². The molecule has 0 spiro atoms. The highest BCUT2D eigenvalue weighted by Gasteiger charge is 2.26. The van der Waals surface area contributed by atoms with Gasteiger partial charge in [-0.25, -0.2) is 4.79 Å². The van der Waals surface area contributed by atoms with Crippen LogP contribution in [0.1, 0.15) is 44.1 Å². The van der Waals surface area contributed by atoms with E-state index in [0.29, 0.717) is 31.2 Å². The van der Waals surface area contributed by atoms with Crippen LogP contribution < -0.4 is 0 Å². The summed E-state index contributed by atoms with van der Waals surface area (Å²) in [6, 6.07) is 9.78. The van der Waals surface area contributed by atoms with E-state index < -0.39 is 0 Å². The third-order valence-corrected chi connectivity index (χ3v) is 5.70. The number of carbonyl (C=O) groups is 1. The fraction of sp³-hybridized carbons (Fsp3) is 0.667. The van der Waals surface area contributed by atoms with Crippen LogP contribution in [-0.2, 0) is 16.1 Å². The Bertz CT molecular complexity index is 534. The number of rotatable bonds is 6. The molecule has 2 fully saturated rings. The van der Waals surface area contributed by atoms with E-state index >= 15 is 0 Å². The molecule has 1 aromatic rings. The molecule has 0 radical (unpaired) electrons. The SMILES string of the molecule is O=C(OCc1ccccc1)N1CCC(COC2CCC(CO)CC2)CC1. The second kappa shape index (κ2) is 9.93. The van der Waals surface area contributed by atoms with Gasteiger partial charge < -0.3 is 19.5 Å². The lowest BCUT2D eigenvalue weighted by Gasteiger charge is -2.33. The molecule has 3 rings (SSSR count). The van der Waals surface area contributed by atoms with Crippen LogP contribution in [0.3, 0.4) is 0 Å². The highest BCUT2D eigenvalue weighted by Crippen LogP contribution is 2.27. The molecular formula is C21H31NO4. The zero-order valence-corrected chi connectivity index (χ0v) is 15.5. The van der Waals surface area contributed by atoms with Crippen molar-refractivity contribution >= 4 is 6.09 Å². The van der Waals surface area contributed by atoms with Crippen molar-refractivity contribution in [1.29, 1.82) is 0 Å². The lowest BCUT2D eigenvalue weighted by Crippen LogP contribution is -2.40. The molecule has 1 N–H and O–H groups in total. The molecule has 0 atom stereocenters. The minimum atomic E-state index is -0.212. The van der Waals surface area contributed by atoms with Crippen molar-refractivity contribution < 1.29 is 19.4 Å². The molecule has 0 unspecified atom stereocenters. The van der Waals surface area contributed by atoms with E-state index in [4.69, 9.17) is 9.47 Å². The summed E-state index contributed by atoms with van der Waals surface area (Å²) in [5, 5.41) is 9.20. The smallest absolute Gasteiger partial charge is 0.410 e. The van der Waals surface area contributed by atoms with Gasteiger partial charge in [0.25, 0.3) is 0 Å². The molecule has 26 heavy (non-hydrogen) atoms. The van der Waals surface area contributed by atoms with Gasteiger partial charge in [0.05, 0.1) is 6.10 Å². The van der Waals surface area contributed by atoms with Crippen molar-refractivity contribution in [2.24, 2.45) is 11.8 Å². The molecule has 1 saturated heterocycles. The van der Waals surface area contributed by atoms with Crippen LogP contribution in [0.15, 0.2) is 30.3 Å². The van der Waals surface area contributed by atoms with Gasteiger partial charge >= 0.3 is 6.09 Å². The quantitative estimate of drug-likeness (QED) is 0.841. The van der Waals surface area contributed by atoms with Crippen LogP contribution in [0.25, 0.3) is 0 Å². The summed E-state index contributed by atoms with van der Waals surface area (Å²) in [7, 11) is 0. The van der Waals surface area contributed by atoms with E-state index in [9.17, 15) is 9.90 Å². The molecule has 1 aromatic carbocycles. The number of likely N-dealkylation sites (tertiary alicyclic amines) is 1. The van der Waals surface area contributed by atoms with Crippen molar-refractivity contribution in [3.63, 3.8) is 0 Å². The van der Waals surface area contributed by atoms with Crippen molar-refractivity contribution in [2.45, 2.75) is 51.2 Å². The lowest BCUT2D eigenvalue weighted by molar-refractivity contribution is -0.0166. The number of benzene rings is 1. The van der Waals surface area contributed by atoms with Crippen LogP contribution in [-0.4, -0.2) is 48.5 Å². The first kappa shape index (κ1) is 19.2. The Labute approximate surface area is 156 Å². The van der Waals surface area contributed by atoms with Gasteiger partial charge in [0.15, 0.2) is 0 Å². The monoisotopic (exact) mass is 361 g/mol. The van der Waals surface area contributed by atoms with Crippen LogP contribution in [0, 0.1) is 11.8 Å². The first-order chi connectivity index (χ1) is 12.7. The Morgan fingerprint density at radius 3 is 2.35 bits per heavy atom. The molecule has 5 nitrogen and oxygen atoms in total. The fourth-order valence-corrected chi connectivity index (χ4v) is 3.85. The first-order valence-electron chi connectivity index (χ1n) is 9.92. The van der Waals surface area contributed by atoms with Crippen molar-refractivity contribution in [3.05, 3.63) is 35.9 Å². The standard InChI is InChI=1S/C21H31NO4/c23-14-17-6-8-20(9-7-17)25-15-19-10-12-22(13-11-19)21(24)26-16-18-4-2-1-3-5-18/h1-5,17,19-20,23H,6-16H2. The number of aliphatic hydroxyl groups is 1. The van der Waals surface area contributed by atoms with E-state index in [-0.39, 0.29) is 6.09 Å². The van der Waals surface area contributed by atoms with Crippen LogP contribution in [0.2, 0.25) is 0 Å². The van der Waals surface area contributed by atoms with Crippen molar-refractivity contribution in [1.82, 2.24) is 4.90 Å². The number of ether oxygens (including phenoxy) is 2. The maximum absolute atomic E-state index is 12.2. The molecule has 1 aliphatic carbocycles.